The lowest BCUT2D eigenvalue weighted by Crippen LogP contribution is -2.33. The van der Waals surface area contributed by atoms with Gasteiger partial charge in [-0.1, -0.05) is 11.6 Å². The van der Waals surface area contributed by atoms with E-state index in [2.05, 4.69) is 15.6 Å². The molecule has 0 saturated heterocycles. The molecule has 23 heavy (non-hydrogen) atoms. The van der Waals surface area contributed by atoms with E-state index >= 15 is 0 Å². The van der Waals surface area contributed by atoms with E-state index in [1.54, 1.807) is 7.11 Å². The summed E-state index contributed by atoms with van der Waals surface area (Å²) in [5, 5.41) is 6.90. The topological polar surface area (TPSA) is 63.2 Å². The number of hydrogen-bond acceptors (Lipinski definition) is 6. The molecular formula is C14H19Cl2N3O2S2. The van der Waals surface area contributed by atoms with Crippen LogP contribution in [-0.2, 0) is 4.74 Å². The molecule has 128 valence electrons. The molecule has 5 nitrogen and oxygen atoms in total. The van der Waals surface area contributed by atoms with Gasteiger partial charge in [0.25, 0.3) is 5.91 Å². The Bertz CT molecular complexity index is 631. The van der Waals surface area contributed by atoms with E-state index in [0.29, 0.717) is 24.6 Å². The Hall–Kier alpha value is -0.700. The molecule has 0 saturated carbocycles. The number of methoxy groups -OCH3 is 1. The Kier molecular flexibility index (Phi) is 9.04. The van der Waals surface area contributed by atoms with E-state index in [4.69, 9.17) is 16.3 Å². The number of hydrogen-bond donors (Lipinski definition) is 2. The molecule has 9 heteroatoms. The highest BCUT2D eigenvalue weighted by Gasteiger charge is 2.16. The Morgan fingerprint density at radius 1 is 1.30 bits per heavy atom. The van der Waals surface area contributed by atoms with Gasteiger partial charge in [0, 0.05) is 26.7 Å². The van der Waals surface area contributed by atoms with Gasteiger partial charge in [-0.3, -0.25) is 4.79 Å². The van der Waals surface area contributed by atoms with Gasteiger partial charge < -0.3 is 15.4 Å². The number of carbonyl (C=O) groups is 1. The van der Waals surface area contributed by atoms with E-state index in [1.165, 1.54) is 22.7 Å². The molecule has 0 bridgehead atoms. The third-order valence-electron chi connectivity index (χ3n) is 2.86. The van der Waals surface area contributed by atoms with Crippen molar-refractivity contribution in [2.24, 2.45) is 0 Å². The number of thiazole rings is 1. The number of halogens is 2. The summed E-state index contributed by atoms with van der Waals surface area (Å²) in [6, 6.07) is 3.76. The molecule has 0 spiro atoms. The predicted molar refractivity (Wildman–Crippen MR) is 99.5 cm³/mol. The molecule has 1 amide bonds. The van der Waals surface area contributed by atoms with E-state index in [9.17, 15) is 4.79 Å². The van der Waals surface area contributed by atoms with Crippen molar-refractivity contribution in [3.8, 4) is 9.88 Å². The molecule has 2 heterocycles. The smallest absolute Gasteiger partial charge is 0.263 e. The summed E-state index contributed by atoms with van der Waals surface area (Å²) in [4.78, 5) is 18.3. The standard InChI is InChI=1S/C14H18ClN3O2S2.ClH/c1-9-12(13(19)17-6-5-16-7-8-20-2)22-14(18-9)10-3-4-11(15)21-10;/h3-4,16H,5-8H2,1-2H3,(H,17,19);1H. The highest BCUT2D eigenvalue weighted by atomic mass is 35.5. The van der Waals surface area contributed by atoms with E-state index < -0.39 is 0 Å². The van der Waals surface area contributed by atoms with Crippen LogP contribution >= 0.6 is 46.7 Å². The first-order valence-corrected chi connectivity index (χ1v) is 8.84. The Labute approximate surface area is 154 Å². The third kappa shape index (κ3) is 6.02. The summed E-state index contributed by atoms with van der Waals surface area (Å²) in [5.41, 5.74) is 0.745. The fraction of sp³-hybridized carbons (Fsp3) is 0.429. The van der Waals surface area contributed by atoms with Crippen LogP contribution in [0.15, 0.2) is 12.1 Å². The second kappa shape index (κ2) is 10.2. The van der Waals surface area contributed by atoms with E-state index in [-0.39, 0.29) is 18.3 Å². The first-order chi connectivity index (χ1) is 10.6. The molecule has 0 aliphatic heterocycles. The highest BCUT2D eigenvalue weighted by Crippen LogP contribution is 2.34. The van der Waals surface area contributed by atoms with Crippen molar-refractivity contribution < 1.29 is 9.53 Å². The zero-order valence-corrected chi connectivity index (χ0v) is 16.1. The van der Waals surface area contributed by atoms with Crippen LogP contribution in [0.4, 0.5) is 0 Å². The predicted octanol–water partition coefficient (Wildman–Crippen LogP) is 3.22. The number of aryl methyl sites for hydroxylation is 1. The number of ether oxygens (including phenoxy) is 1. The van der Waals surface area contributed by atoms with Crippen LogP contribution in [0.2, 0.25) is 4.34 Å². The largest absolute Gasteiger partial charge is 0.383 e. The number of aromatic nitrogens is 1. The average Bonchev–Trinajstić information content (AvgIpc) is 3.08. The SMILES string of the molecule is COCCNCCNC(=O)c1sc(-c2ccc(Cl)s2)nc1C.Cl. The van der Waals surface area contributed by atoms with Crippen molar-refractivity contribution in [3.63, 3.8) is 0 Å². The minimum Gasteiger partial charge on any atom is -0.383 e. The number of rotatable bonds is 8. The molecule has 0 unspecified atom stereocenters. The third-order valence-corrected chi connectivity index (χ3v) is 5.41. The van der Waals surface area contributed by atoms with Crippen molar-refractivity contribution in [1.82, 2.24) is 15.6 Å². The Morgan fingerprint density at radius 2 is 2.09 bits per heavy atom. The molecular weight excluding hydrogens is 377 g/mol. The quantitative estimate of drug-likeness (QED) is 0.673. The molecule has 2 N–H and O–H groups in total. The summed E-state index contributed by atoms with van der Waals surface area (Å²) in [6.07, 6.45) is 0. The summed E-state index contributed by atoms with van der Waals surface area (Å²) < 4.78 is 5.65. The summed E-state index contributed by atoms with van der Waals surface area (Å²) in [7, 11) is 1.66. The second-order valence-electron chi connectivity index (χ2n) is 4.54. The van der Waals surface area contributed by atoms with Crippen LogP contribution < -0.4 is 10.6 Å². The minimum atomic E-state index is -0.0857. The molecule has 2 aromatic rings. The van der Waals surface area contributed by atoms with Gasteiger partial charge >= 0.3 is 0 Å². The van der Waals surface area contributed by atoms with Gasteiger partial charge in [0.1, 0.15) is 9.88 Å². The maximum Gasteiger partial charge on any atom is 0.263 e. The van der Waals surface area contributed by atoms with Crippen LogP contribution in [0.1, 0.15) is 15.4 Å². The first-order valence-electron chi connectivity index (χ1n) is 6.83. The molecule has 2 aromatic heterocycles. The van der Waals surface area contributed by atoms with Gasteiger partial charge in [-0.05, 0) is 19.1 Å². The number of thiophene rings is 1. The molecule has 0 atom stereocenters. The normalized spacial score (nSPS) is 10.4. The van der Waals surface area contributed by atoms with Crippen molar-refractivity contribution in [1.29, 1.82) is 0 Å². The van der Waals surface area contributed by atoms with Gasteiger partial charge in [0.15, 0.2) is 0 Å². The monoisotopic (exact) mass is 395 g/mol. The minimum absolute atomic E-state index is 0. The molecule has 0 aliphatic rings. The van der Waals surface area contributed by atoms with Gasteiger partial charge in [-0.25, -0.2) is 4.98 Å². The zero-order chi connectivity index (χ0) is 15.9. The van der Waals surface area contributed by atoms with E-state index in [1.807, 2.05) is 19.1 Å². The maximum absolute atomic E-state index is 12.2. The molecule has 0 aromatic carbocycles. The maximum atomic E-state index is 12.2. The molecule has 0 radical (unpaired) electrons. The van der Waals surface area contributed by atoms with Gasteiger partial charge in [0.05, 0.1) is 21.5 Å². The lowest BCUT2D eigenvalue weighted by Gasteiger charge is -2.05. The van der Waals surface area contributed by atoms with Crippen LogP contribution in [0.3, 0.4) is 0 Å². The second-order valence-corrected chi connectivity index (χ2v) is 7.25. The summed E-state index contributed by atoms with van der Waals surface area (Å²) >= 11 is 8.80. The van der Waals surface area contributed by atoms with Gasteiger partial charge in [-0.15, -0.1) is 35.1 Å². The number of nitrogens with one attached hydrogen (secondary N) is 2. The number of carbonyl (C=O) groups excluding carboxylic acids is 1. The van der Waals surface area contributed by atoms with E-state index in [0.717, 1.165) is 26.5 Å². The molecule has 0 fully saturated rings. The lowest BCUT2D eigenvalue weighted by atomic mass is 10.3. The van der Waals surface area contributed by atoms with Crippen molar-refractivity contribution in [2.45, 2.75) is 6.92 Å². The van der Waals surface area contributed by atoms with Crippen LogP contribution in [0.25, 0.3) is 9.88 Å². The van der Waals surface area contributed by atoms with Crippen molar-refractivity contribution in [3.05, 3.63) is 27.0 Å². The Balaban J connectivity index is 0.00000264. The lowest BCUT2D eigenvalue weighted by molar-refractivity contribution is 0.0957. The highest BCUT2D eigenvalue weighted by molar-refractivity contribution is 7.24. The van der Waals surface area contributed by atoms with Crippen LogP contribution in [0, 0.1) is 6.92 Å². The molecule has 2 rings (SSSR count). The first kappa shape index (κ1) is 20.3. The zero-order valence-electron chi connectivity index (χ0n) is 12.8. The summed E-state index contributed by atoms with van der Waals surface area (Å²) in [5.74, 6) is -0.0857. The number of amides is 1. The summed E-state index contributed by atoms with van der Waals surface area (Å²) in [6.45, 7) is 4.56. The van der Waals surface area contributed by atoms with Gasteiger partial charge in [-0.2, -0.15) is 0 Å². The van der Waals surface area contributed by atoms with Crippen molar-refractivity contribution in [2.75, 3.05) is 33.4 Å². The fourth-order valence-electron chi connectivity index (χ4n) is 1.79. The van der Waals surface area contributed by atoms with Crippen LogP contribution in [0.5, 0.6) is 0 Å². The van der Waals surface area contributed by atoms with Gasteiger partial charge in [0.2, 0.25) is 0 Å². The van der Waals surface area contributed by atoms with Crippen LogP contribution in [-0.4, -0.2) is 44.2 Å². The molecule has 0 aliphatic carbocycles. The number of nitrogens with zero attached hydrogens (tertiary/aromatic N) is 1. The van der Waals surface area contributed by atoms with Crippen molar-refractivity contribution >= 4 is 52.6 Å². The fourth-order valence-corrected chi connectivity index (χ4v) is 3.87. The average molecular weight is 396 g/mol. The Morgan fingerprint density at radius 3 is 2.74 bits per heavy atom.